The Hall–Kier alpha value is -1.16. The zero-order valence-corrected chi connectivity index (χ0v) is 7.35. The molecule has 0 aliphatic rings. The summed E-state index contributed by atoms with van der Waals surface area (Å²) in [5.74, 6) is -1.38. The lowest BCUT2D eigenvalue weighted by Gasteiger charge is -2.11. The van der Waals surface area contributed by atoms with Crippen molar-refractivity contribution in [3.8, 4) is 0 Å². The van der Waals surface area contributed by atoms with Crippen LogP contribution in [0, 0.1) is 11.6 Å². The summed E-state index contributed by atoms with van der Waals surface area (Å²) in [4.78, 5) is 0. The Morgan fingerprint density at radius 2 is 1.92 bits per heavy atom. The van der Waals surface area contributed by atoms with Gasteiger partial charge >= 0.3 is 0 Å². The van der Waals surface area contributed by atoms with Crippen molar-refractivity contribution in [3.05, 3.63) is 29.3 Å². The third-order valence-corrected chi connectivity index (χ3v) is 1.96. The molecule has 1 rings (SSSR count). The first kappa shape index (κ1) is 9.92. The van der Waals surface area contributed by atoms with Crippen LogP contribution in [-0.2, 0) is 0 Å². The molecule has 1 aromatic rings. The number of hydrogen-bond acceptors (Lipinski definition) is 2. The van der Waals surface area contributed by atoms with E-state index in [1.165, 1.54) is 6.07 Å². The molecular weight excluding hydrogens is 174 g/mol. The summed E-state index contributed by atoms with van der Waals surface area (Å²) in [5.41, 5.74) is 11.1. The molecule has 0 radical (unpaired) electrons. The number of halogens is 2. The summed E-state index contributed by atoms with van der Waals surface area (Å²) < 4.78 is 25.8. The molecule has 1 atom stereocenters. The fourth-order valence-electron chi connectivity index (χ4n) is 1.09. The van der Waals surface area contributed by atoms with Gasteiger partial charge in [-0.05, 0) is 12.5 Å². The molecule has 0 aliphatic heterocycles. The molecule has 0 spiro atoms. The predicted octanol–water partition coefficient (Wildman–Crippen LogP) is 1.96. The van der Waals surface area contributed by atoms with Crippen molar-refractivity contribution in [2.24, 2.45) is 5.73 Å². The molecule has 0 amide bonds. The van der Waals surface area contributed by atoms with Crippen LogP contribution < -0.4 is 11.5 Å². The molecule has 13 heavy (non-hydrogen) atoms. The van der Waals surface area contributed by atoms with Crippen LogP contribution in [0.5, 0.6) is 0 Å². The number of hydrogen-bond donors (Lipinski definition) is 2. The molecule has 0 bridgehead atoms. The molecule has 72 valence electrons. The van der Waals surface area contributed by atoms with Crippen molar-refractivity contribution in [2.75, 3.05) is 5.73 Å². The average Bonchev–Trinajstić information content (AvgIpc) is 2.10. The fraction of sp³-hybridized carbons (Fsp3) is 0.333. The van der Waals surface area contributed by atoms with Gasteiger partial charge in [-0.3, -0.25) is 0 Å². The first-order chi connectivity index (χ1) is 6.06. The minimum absolute atomic E-state index is 0.0692. The Bertz CT molecular complexity index is 313. The largest absolute Gasteiger partial charge is 0.396 e. The zero-order chi connectivity index (χ0) is 10.0. The van der Waals surface area contributed by atoms with Gasteiger partial charge in [0.25, 0.3) is 0 Å². The first-order valence-corrected chi connectivity index (χ1v) is 4.06. The molecule has 0 saturated carbocycles. The van der Waals surface area contributed by atoms with Crippen LogP contribution in [0.25, 0.3) is 0 Å². The lowest BCUT2D eigenvalue weighted by atomic mass is 10.0. The van der Waals surface area contributed by atoms with Gasteiger partial charge in [-0.1, -0.05) is 6.92 Å². The summed E-state index contributed by atoms with van der Waals surface area (Å²) in [6, 6.07) is 1.59. The van der Waals surface area contributed by atoms with Gasteiger partial charge in [0, 0.05) is 17.7 Å². The first-order valence-electron chi connectivity index (χ1n) is 4.06. The average molecular weight is 186 g/mol. The van der Waals surface area contributed by atoms with E-state index in [4.69, 9.17) is 11.5 Å². The lowest BCUT2D eigenvalue weighted by Crippen LogP contribution is -2.11. The van der Waals surface area contributed by atoms with Crippen molar-refractivity contribution in [2.45, 2.75) is 19.4 Å². The molecular formula is C9H12F2N2. The fourth-order valence-corrected chi connectivity index (χ4v) is 1.09. The SMILES string of the molecule is CC[C@@H](N)c1cc(N)c(F)cc1F. The smallest absolute Gasteiger partial charge is 0.149 e. The van der Waals surface area contributed by atoms with Gasteiger partial charge in [0.15, 0.2) is 0 Å². The molecule has 0 unspecified atom stereocenters. The number of rotatable bonds is 2. The Morgan fingerprint density at radius 3 is 2.46 bits per heavy atom. The number of nitrogen functional groups attached to an aromatic ring is 1. The van der Waals surface area contributed by atoms with Gasteiger partial charge in [0.2, 0.25) is 0 Å². The molecule has 2 nitrogen and oxygen atoms in total. The maximum Gasteiger partial charge on any atom is 0.149 e. The van der Waals surface area contributed by atoms with Crippen LogP contribution in [-0.4, -0.2) is 0 Å². The molecule has 0 fully saturated rings. The Kier molecular flexibility index (Phi) is 2.83. The quantitative estimate of drug-likeness (QED) is 0.693. The summed E-state index contributed by atoms with van der Waals surface area (Å²) >= 11 is 0. The number of benzene rings is 1. The van der Waals surface area contributed by atoms with E-state index in [0.29, 0.717) is 6.42 Å². The molecule has 0 aliphatic carbocycles. The highest BCUT2D eigenvalue weighted by molar-refractivity contribution is 5.44. The van der Waals surface area contributed by atoms with Gasteiger partial charge in [-0.25, -0.2) is 8.78 Å². The van der Waals surface area contributed by atoms with E-state index in [2.05, 4.69) is 0 Å². The third-order valence-electron chi connectivity index (χ3n) is 1.96. The maximum atomic E-state index is 13.1. The molecule has 4 heteroatoms. The van der Waals surface area contributed by atoms with Crippen molar-refractivity contribution >= 4 is 5.69 Å². The van der Waals surface area contributed by atoms with Crippen LogP contribution in [0.1, 0.15) is 24.9 Å². The summed E-state index contributed by atoms with van der Waals surface area (Å²) in [7, 11) is 0. The topological polar surface area (TPSA) is 52.0 Å². The van der Waals surface area contributed by atoms with Crippen LogP contribution >= 0.6 is 0 Å². The van der Waals surface area contributed by atoms with Gasteiger partial charge in [-0.15, -0.1) is 0 Å². The minimum atomic E-state index is -0.746. The third kappa shape index (κ3) is 1.95. The molecule has 0 aromatic heterocycles. The molecule has 4 N–H and O–H groups in total. The predicted molar refractivity (Wildman–Crippen MR) is 48.0 cm³/mol. The van der Waals surface area contributed by atoms with Crippen LogP contribution in [0.2, 0.25) is 0 Å². The molecule has 0 heterocycles. The highest BCUT2D eigenvalue weighted by Crippen LogP contribution is 2.22. The van der Waals surface area contributed by atoms with E-state index >= 15 is 0 Å². The Morgan fingerprint density at radius 1 is 1.31 bits per heavy atom. The second kappa shape index (κ2) is 3.70. The van der Waals surface area contributed by atoms with E-state index in [1.807, 2.05) is 6.92 Å². The maximum absolute atomic E-state index is 13.1. The molecule has 0 saturated heterocycles. The van der Waals surface area contributed by atoms with Crippen molar-refractivity contribution in [1.29, 1.82) is 0 Å². The van der Waals surface area contributed by atoms with Gasteiger partial charge < -0.3 is 11.5 Å². The standard InChI is InChI=1S/C9H12F2N2/c1-2-8(12)5-3-9(13)7(11)4-6(5)10/h3-4,8H,2,12-13H2,1H3/t8-/m1/s1. The number of anilines is 1. The van der Waals surface area contributed by atoms with Crippen LogP contribution in [0.3, 0.4) is 0 Å². The highest BCUT2D eigenvalue weighted by atomic mass is 19.1. The van der Waals surface area contributed by atoms with Crippen molar-refractivity contribution < 1.29 is 8.78 Å². The van der Waals surface area contributed by atoms with E-state index in [9.17, 15) is 8.78 Å². The zero-order valence-electron chi connectivity index (χ0n) is 7.35. The van der Waals surface area contributed by atoms with Crippen LogP contribution in [0.15, 0.2) is 12.1 Å². The number of nitrogens with two attached hydrogens (primary N) is 2. The van der Waals surface area contributed by atoms with Gasteiger partial charge in [-0.2, -0.15) is 0 Å². The molecule has 1 aromatic carbocycles. The summed E-state index contributed by atoms with van der Waals surface area (Å²) in [5, 5.41) is 0. The minimum Gasteiger partial charge on any atom is -0.396 e. The van der Waals surface area contributed by atoms with Gasteiger partial charge in [0.1, 0.15) is 11.6 Å². The Balaban J connectivity index is 3.15. The van der Waals surface area contributed by atoms with E-state index in [1.54, 1.807) is 0 Å². The summed E-state index contributed by atoms with van der Waals surface area (Å²) in [6.45, 7) is 1.82. The van der Waals surface area contributed by atoms with E-state index < -0.39 is 17.7 Å². The van der Waals surface area contributed by atoms with E-state index in [0.717, 1.165) is 6.07 Å². The van der Waals surface area contributed by atoms with Crippen molar-refractivity contribution in [3.63, 3.8) is 0 Å². The normalized spacial score (nSPS) is 12.9. The van der Waals surface area contributed by atoms with Crippen molar-refractivity contribution in [1.82, 2.24) is 0 Å². The highest BCUT2D eigenvalue weighted by Gasteiger charge is 2.12. The van der Waals surface area contributed by atoms with Gasteiger partial charge in [0.05, 0.1) is 5.69 Å². The summed E-state index contributed by atoms with van der Waals surface area (Å²) in [6.07, 6.45) is 0.585. The van der Waals surface area contributed by atoms with Crippen LogP contribution in [0.4, 0.5) is 14.5 Å². The monoisotopic (exact) mass is 186 g/mol. The Labute approximate surface area is 75.5 Å². The lowest BCUT2D eigenvalue weighted by molar-refractivity contribution is 0.553. The second-order valence-corrected chi connectivity index (χ2v) is 2.91. The van der Waals surface area contributed by atoms with E-state index in [-0.39, 0.29) is 11.3 Å². The second-order valence-electron chi connectivity index (χ2n) is 2.91.